The molecule has 0 aliphatic rings. The molecule has 3 rings (SSSR count). The summed E-state index contributed by atoms with van der Waals surface area (Å²) in [7, 11) is 0. The Bertz CT molecular complexity index is 798. The third-order valence-corrected chi connectivity index (χ3v) is 3.66. The van der Waals surface area contributed by atoms with Gasteiger partial charge in [0.05, 0.1) is 6.04 Å². The first-order valence-electron chi connectivity index (χ1n) is 7.29. The van der Waals surface area contributed by atoms with Gasteiger partial charge in [-0.25, -0.2) is 4.79 Å². The van der Waals surface area contributed by atoms with Gasteiger partial charge in [-0.2, -0.15) is 0 Å². The molecule has 1 aromatic heterocycles. The second-order valence-electron chi connectivity index (χ2n) is 5.22. The Labute approximate surface area is 134 Å². The molecule has 5 heteroatoms. The van der Waals surface area contributed by atoms with E-state index in [0.29, 0.717) is 11.5 Å². The van der Waals surface area contributed by atoms with Crippen molar-refractivity contribution in [1.82, 2.24) is 10.5 Å². The molecule has 23 heavy (non-hydrogen) atoms. The van der Waals surface area contributed by atoms with E-state index >= 15 is 0 Å². The zero-order valence-electron chi connectivity index (χ0n) is 12.7. The van der Waals surface area contributed by atoms with E-state index in [-0.39, 0.29) is 0 Å². The van der Waals surface area contributed by atoms with Gasteiger partial charge in [0.1, 0.15) is 11.5 Å². The SMILES string of the molecule is Cc1onc(-c2ccccc2)c1C(NC(N)=O)c1ccccc1. The van der Waals surface area contributed by atoms with Crippen LogP contribution in [0.3, 0.4) is 0 Å². The summed E-state index contributed by atoms with van der Waals surface area (Å²) >= 11 is 0. The lowest BCUT2D eigenvalue weighted by atomic mass is 9.94. The number of primary amides is 1. The summed E-state index contributed by atoms with van der Waals surface area (Å²) in [6.07, 6.45) is 0. The Hall–Kier alpha value is -3.08. The smallest absolute Gasteiger partial charge is 0.312 e. The van der Waals surface area contributed by atoms with Crippen molar-refractivity contribution in [3.63, 3.8) is 0 Å². The largest absolute Gasteiger partial charge is 0.361 e. The maximum absolute atomic E-state index is 11.5. The fraction of sp³-hybridized carbons (Fsp3) is 0.111. The maximum atomic E-state index is 11.5. The monoisotopic (exact) mass is 307 g/mol. The Balaban J connectivity index is 2.14. The van der Waals surface area contributed by atoms with Crippen molar-refractivity contribution >= 4 is 6.03 Å². The lowest BCUT2D eigenvalue weighted by molar-refractivity contribution is 0.247. The number of carbonyl (C=O) groups excluding carboxylic acids is 1. The van der Waals surface area contributed by atoms with Gasteiger partial charge >= 0.3 is 6.03 Å². The number of nitrogens with zero attached hydrogens (tertiary/aromatic N) is 1. The summed E-state index contributed by atoms with van der Waals surface area (Å²) in [6.45, 7) is 1.83. The summed E-state index contributed by atoms with van der Waals surface area (Å²) in [5.74, 6) is 0.645. The Kier molecular flexibility index (Phi) is 4.10. The van der Waals surface area contributed by atoms with Gasteiger partial charge in [0.2, 0.25) is 0 Å². The average Bonchev–Trinajstić information content (AvgIpc) is 2.95. The van der Waals surface area contributed by atoms with Gasteiger partial charge in [-0.05, 0) is 12.5 Å². The Morgan fingerprint density at radius 1 is 1.09 bits per heavy atom. The highest BCUT2D eigenvalue weighted by Crippen LogP contribution is 2.33. The van der Waals surface area contributed by atoms with Crippen molar-refractivity contribution in [2.24, 2.45) is 5.73 Å². The highest BCUT2D eigenvalue weighted by atomic mass is 16.5. The number of carbonyl (C=O) groups is 1. The summed E-state index contributed by atoms with van der Waals surface area (Å²) in [6, 6.07) is 18.3. The number of aryl methyl sites for hydroxylation is 1. The molecule has 0 aliphatic heterocycles. The van der Waals surface area contributed by atoms with E-state index < -0.39 is 12.1 Å². The zero-order valence-corrected chi connectivity index (χ0v) is 12.7. The van der Waals surface area contributed by atoms with Crippen molar-refractivity contribution in [3.8, 4) is 11.3 Å². The standard InChI is InChI=1S/C18H17N3O2/c1-12-15(17(21-23-12)14-10-6-3-7-11-14)16(20-18(19)22)13-8-4-2-5-9-13/h2-11,16H,1H3,(H3,19,20,22). The molecule has 2 aromatic carbocycles. The highest BCUT2D eigenvalue weighted by molar-refractivity contribution is 5.74. The van der Waals surface area contributed by atoms with Crippen LogP contribution in [0.1, 0.15) is 22.9 Å². The average molecular weight is 307 g/mol. The van der Waals surface area contributed by atoms with E-state index in [1.165, 1.54) is 0 Å². The van der Waals surface area contributed by atoms with E-state index in [1.807, 2.05) is 67.6 Å². The van der Waals surface area contributed by atoms with Crippen LogP contribution in [0.25, 0.3) is 11.3 Å². The molecule has 0 saturated carbocycles. The maximum Gasteiger partial charge on any atom is 0.312 e. The zero-order chi connectivity index (χ0) is 16.2. The predicted molar refractivity (Wildman–Crippen MR) is 87.7 cm³/mol. The molecular weight excluding hydrogens is 290 g/mol. The van der Waals surface area contributed by atoms with Crippen LogP contribution in [-0.2, 0) is 0 Å². The van der Waals surface area contributed by atoms with Gasteiger partial charge < -0.3 is 15.6 Å². The van der Waals surface area contributed by atoms with Crippen molar-refractivity contribution in [1.29, 1.82) is 0 Å². The van der Waals surface area contributed by atoms with Crippen LogP contribution in [-0.4, -0.2) is 11.2 Å². The van der Waals surface area contributed by atoms with E-state index in [2.05, 4.69) is 10.5 Å². The van der Waals surface area contributed by atoms with Crippen molar-refractivity contribution in [2.45, 2.75) is 13.0 Å². The van der Waals surface area contributed by atoms with Crippen LogP contribution >= 0.6 is 0 Å². The minimum Gasteiger partial charge on any atom is -0.361 e. The number of nitrogens with two attached hydrogens (primary N) is 1. The van der Waals surface area contributed by atoms with E-state index in [9.17, 15) is 4.79 Å². The van der Waals surface area contributed by atoms with Crippen LogP contribution in [0.2, 0.25) is 0 Å². The molecule has 2 amide bonds. The summed E-state index contributed by atoms with van der Waals surface area (Å²) in [4.78, 5) is 11.5. The second kappa shape index (κ2) is 6.36. The lowest BCUT2D eigenvalue weighted by Crippen LogP contribution is -2.34. The third kappa shape index (κ3) is 3.08. The van der Waals surface area contributed by atoms with Crippen LogP contribution in [0.15, 0.2) is 65.2 Å². The number of aromatic nitrogens is 1. The van der Waals surface area contributed by atoms with Gasteiger partial charge in [0.15, 0.2) is 0 Å². The molecule has 0 aliphatic carbocycles. The number of hydrogen-bond acceptors (Lipinski definition) is 3. The van der Waals surface area contributed by atoms with Crippen molar-refractivity contribution < 1.29 is 9.32 Å². The normalized spacial score (nSPS) is 11.9. The molecular formula is C18H17N3O2. The summed E-state index contributed by atoms with van der Waals surface area (Å²) in [5.41, 5.74) is 8.72. The molecule has 0 fully saturated rings. The molecule has 0 saturated heterocycles. The fourth-order valence-electron chi connectivity index (χ4n) is 2.63. The molecule has 0 spiro atoms. The molecule has 116 valence electrons. The number of hydrogen-bond donors (Lipinski definition) is 2. The number of benzene rings is 2. The minimum absolute atomic E-state index is 0.421. The van der Waals surface area contributed by atoms with Crippen LogP contribution < -0.4 is 11.1 Å². The topological polar surface area (TPSA) is 81.2 Å². The molecule has 1 heterocycles. The molecule has 1 unspecified atom stereocenters. The Morgan fingerprint density at radius 2 is 1.70 bits per heavy atom. The predicted octanol–water partition coefficient (Wildman–Crippen LogP) is 3.41. The van der Waals surface area contributed by atoms with Gasteiger partial charge in [0.25, 0.3) is 0 Å². The van der Waals surface area contributed by atoms with E-state index in [4.69, 9.17) is 10.3 Å². The van der Waals surface area contributed by atoms with Gasteiger partial charge in [-0.3, -0.25) is 0 Å². The first-order valence-corrected chi connectivity index (χ1v) is 7.29. The minimum atomic E-state index is -0.599. The number of amides is 2. The van der Waals surface area contributed by atoms with Crippen LogP contribution in [0.4, 0.5) is 4.79 Å². The first-order chi connectivity index (χ1) is 11.2. The number of urea groups is 1. The fourth-order valence-corrected chi connectivity index (χ4v) is 2.63. The molecule has 1 atom stereocenters. The van der Waals surface area contributed by atoms with Crippen LogP contribution in [0.5, 0.6) is 0 Å². The third-order valence-electron chi connectivity index (χ3n) is 3.66. The first kappa shape index (κ1) is 14.8. The quantitative estimate of drug-likeness (QED) is 0.775. The molecule has 0 bridgehead atoms. The number of nitrogens with one attached hydrogen (secondary N) is 1. The van der Waals surface area contributed by atoms with E-state index in [1.54, 1.807) is 0 Å². The molecule has 3 N–H and O–H groups in total. The molecule has 5 nitrogen and oxygen atoms in total. The number of rotatable bonds is 4. The van der Waals surface area contributed by atoms with Crippen molar-refractivity contribution in [3.05, 3.63) is 77.6 Å². The summed E-state index contributed by atoms with van der Waals surface area (Å²) < 4.78 is 5.39. The van der Waals surface area contributed by atoms with Crippen molar-refractivity contribution in [2.75, 3.05) is 0 Å². The van der Waals surface area contributed by atoms with Gasteiger partial charge in [-0.15, -0.1) is 0 Å². The molecule has 0 radical (unpaired) electrons. The van der Waals surface area contributed by atoms with Gasteiger partial charge in [-0.1, -0.05) is 65.8 Å². The second-order valence-corrected chi connectivity index (χ2v) is 5.22. The lowest BCUT2D eigenvalue weighted by Gasteiger charge is -2.18. The summed E-state index contributed by atoms with van der Waals surface area (Å²) in [5, 5.41) is 6.96. The van der Waals surface area contributed by atoms with Crippen LogP contribution in [0, 0.1) is 6.92 Å². The Morgan fingerprint density at radius 3 is 2.30 bits per heavy atom. The highest BCUT2D eigenvalue weighted by Gasteiger charge is 2.25. The van der Waals surface area contributed by atoms with E-state index in [0.717, 1.165) is 16.7 Å². The molecule has 3 aromatic rings. The van der Waals surface area contributed by atoms with Gasteiger partial charge in [0, 0.05) is 11.1 Å².